The molecule has 3 heterocycles. The van der Waals surface area contributed by atoms with Crippen molar-refractivity contribution in [3.63, 3.8) is 0 Å². The Hall–Kier alpha value is -2.41. The molecule has 25 heavy (non-hydrogen) atoms. The number of aromatic nitrogens is 1. The van der Waals surface area contributed by atoms with Crippen molar-refractivity contribution < 1.29 is 14.0 Å². The van der Waals surface area contributed by atoms with Crippen molar-refractivity contribution in [2.75, 3.05) is 13.1 Å². The molecule has 2 amide bonds. The topological polar surface area (TPSA) is 93.3 Å². The molecule has 7 nitrogen and oxygen atoms in total. The number of amides is 2. The lowest BCUT2D eigenvalue weighted by Crippen LogP contribution is -2.43. The third kappa shape index (κ3) is 2.78. The average molecular weight is 343 g/mol. The molecule has 2 aromatic rings. The van der Waals surface area contributed by atoms with Gasteiger partial charge >= 0.3 is 5.76 Å². The summed E-state index contributed by atoms with van der Waals surface area (Å²) in [5, 5.41) is 5.66. The van der Waals surface area contributed by atoms with Gasteiger partial charge in [0, 0.05) is 6.42 Å². The predicted molar refractivity (Wildman–Crippen MR) is 91.5 cm³/mol. The number of rotatable bonds is 2. The molecule has 0 spiro atoms. The molecule has 2 aliphatic heterocycles. The third-order valence-corrected chi connectivity index (χ3v) is 5.30. The fraction of sp³-hybridized carbons (Fsp3) is 0.500. The molecule has 1 aromatic heterocycles. The van der Waals surface area contributed by atoms with Gasteiger partial charge < -0.3 is 9.73 Å². The molecule has 1 aromatic carbocycles. The molecule has 0 radical (unpaired) electrons. The SMILES string of the molecule is Cc1cc2c(cc1C1CCNCC1)oc(=O)n2C1CCC(=O)NC1=O. The maximum Gasteiger partial charge on any atom is 0.420 e. The summed E-state index contributed by atoms with van der Waals surface area (Å²) >= 11 is 0. The van der Waals surface area contributed by atoms with Gasteiger partial charge in [-0.2, -0.15) is 0 Å². The summed E-state index contributed by atoms with van der Waals surface area (Å²) in [5.74, 6) is -0.839. The summed E-state index contributed by atoms with van der Waals surface area (Å²) in [4.78, 5) is 35.9. The molecular weight excluding hydrogens is 322 g/mol. The molecule has 2 saturated heterocycles. The fourth-order valence-electron chi connectivity index (χ4n) is 4.00. The van der Waals surface area contributed by atoms with E-state index in [0.29, 0.717) is 23.4 Å². The van der Waals surface area contributed by atoms with Gasteiger partial charge in [0.25, 0.3) is 0 Å². The zero-order valence-electron chi connectivity index (χ0n) is 14.1. The van der Waals surface area contributed by atoms with E-state index < -0.39 is 17.7 Å². The van der Waals surface area contributed by atoms with Crippen LogP contribution < -0.4 is 16.4 Å². The van der Waals surface area contributed by atoms with Gasteiger partial charge in [0.15, 0.2) is 5.58 Å². The second-order valence-electron chi connectivity index (χ2n) is 6.91. The summed E-state index contributed by atoms with van der Waals surface area (Å²) < 4.78 is 6.83. The minimum Gasteiger partial charge on any atom is -0.408 e. The number of piperidine rings is 2. The van der Waals surface area contributed by atoms with Crippen LogP contribution in [0.15, 0.2) is 21.3 Å². The number of oxazole rings is 1. The number of nitrogens with one attached hydrogen (secondary N) is 2. The quantitative estimate of drug-likeness (QED) is 0.803. The van der Waals surface area contributed by atoms with Crippen LogP contribution in [0.4, 0.5) is 0 Å². The van der Waals surface area contributed by atoms with Crippen molar-refractivity contribution in [2.24, 2.45) is 0 Å². The van der Waals surface area contributed by atoms with Crippen molar-refractivity contribution in [3.05, 3.63) is 33.8 Å². The van der Waals surface area contributed by atoms with Crippen molar-refractivity contribution in [3.8, 4) is 0 Å². The number of hydrogen-bond donors (Lipinski definition) is 2. The lowest BCUT2D eigenvalue weighted by atomic mass is 9.87. The Morgan fingerprint density at radius 3 is 2.60 bits per heavy atom. The van der Waals surface area contributed by atoms with Gasteiger partial charge in [-0.3, -0.25) is 19.5 Å². The number of carbonyl (C=O) groups excluding carboxylic acids is 2. The van der Waals surface area contributed by atoms with E-state index in [1.165, 1.54) is 10.1 Å². The van der Waals surface area contributed by atoms with Crippen molar-refractivity contribution >= 4 is 22.9 Å². The van der Waals surface area contributed by atoms with E-state index >= 15 is 0 Å². The Balaban J connectivity index is 1.78. The second-order valence-corrected chi connectivity index (χ2v) is 6.91. The maximum absolute atomic E-state index is 12.4. The summed E-state index contributed by atoms with van der Waals surface area (Å²) in [6.45, 7) is 4.01. The van der Waals surface area contributed by atoms with Gasteiger partial charge in [0.2, 0.25) is 11.8 Å². The zero-order chi connectivity index (χ0) is 17.6. The van der Waals surface area contributed by atoms with Gasteiger partial charge in [0.05, 0.1) is 5.52 Å². The summed E-state index contributed by atoms with van der Waals surface area (Å²) in [6.07, 6.45) is 2.66. The lowest BCUT2D eigenvalue weighted by molar-refractivity contribution is -0.135. The van der Waals surface area contributed by atoms with Crippen LogP contribution in [-0.2, 0) is 9.59 Å². The number of imide groups is 1. The van der Waals surface area contributed by atoms with E-state index in [1.807, 2.05) is 19.1 Å². The summed E-state index contributed by atoms with van der Waals surface area (Å²) in [7, 11) is 0. The Labute approximate surface area is 144 Å². The van der Waals surface area contributed by atoms with Gasteiger partial charge in [-0.25, -0.2) is 4.79 Å². The molecule has 0 aliphatic carbocycles. The van der Waals surface area contributed by atoms with Crippen molar-refractivity contribution in [1.29, 1.82) is 0 Å². The second kappa shape index (κ2) is 6.15. The highest BCUT2D eigenvalue weighted by molar-refractivity contribution is 6.00. The smallest absolute Gasteiger partial charge is 0.408 e. The minimum atomic E-state index is -0.699. The van der Waals surface area contributed by atoms with Crippen LogP contribution >= 0.6 is 0 Å². The van der Waals surface area contributed by atoms with E-state index in [0.717, 1.165) is 31.5 Å². The third-order valence-electron chi connectivity index (χ3n) is 5.30. The lowest BCUT2D eigenvalue weighted by Gasteiger charge is -2.25. The van der Waals surface area contributed by atoms with Crippen LogP contribution in [0.2, 0.25) is 0 Å². The van der Waals surface area contributed by atoms with Gasteiger partial charge in [0.1, 0.15) is 6.04 Å². The van der Waals surface area contributed by atoms with E-state index in [9.17, 15) is 14.4 Å². The van der Waals surface area contributed by atoms with Crippen LogP contribution in [0.5, 0.6) is 0 Å². The first-order valence-corrected chi connectivity index (χ1v) is 8.74. The standard InChI is InChI=1S/C18H21N3O4/c1-10-8-14-15(9-12(10)11-4-6-19-7-5-11)25-18(24)21(14)13-2-3-16(22)20-17(13)23/h8-9,11,13,19H,2-7H2,1H3,(H,20,22,23). The monoisotopic (exact) mass is 343 g/mol. The molecule has 0 bridgehead atoms. The summed E-state index contributed by atoms with van der Waals surface area (Å²) in [5.41, 5.74) is 3.43. The highest BCUT2D eigenvalue weighted by Gasteiger charge is 2.31. The molecular formula is C18H21N3O4. The number of nitrogens with zero attached hydrogens (tertiary/aromatic N) is 1. The molecule has 2 N–H and O–H groups in total. The fourth-order valence-corrected chi connectivity index (χ4v) is 4.00. The highest BCUT2D eigenvalue weighted by Crippen LogP contribution is 2.32. The molecule has 4 rings (SSSR count). The Morgan fingerprint density at radius 1 is 1.12 bits per heavy atom. The number of aryl methyl sites for hydroxylation is 1. The summed E-state index contributed by atoms with van der Waals surface area (Å²) in [6, 6.07) is 3.18. The van der Waals surface area contributed by atoms with Gasteiger partial charge in [-0.1, -0.05) is 0 Å². The molecule has 0 saturated carbocycles. The van der Waals surface area contributed by atoms with Crippen molar-refractivity contribution in [1.82, 2.24) is 15.2 Å². The largest absolute Gasteiger partial charge is 0.420 e. The predicted octanol–water partition coefficient (Wildman–Crippen LogP) is 1.35. The Bertz CT molecular complexity index is 905. The number of fused-ring (bicyclic) bond motifs is 1. The maximum atomic E-state index is 12.4. The highest BCUT2D eigenvalue weighted by atomic mass is 16.4. The minimum absolute atomic E-state index is 0.224. The number of carbonyl (C=O) groups is 2. The van der Waals surface area contributed by atoms with Crippen LogP contribution in [0, 0.1) is 6.92 Å². The zero-order valence-corrected chi connectivity index (χ0v) is 14.1. The van der Waals surface area contributed by atoms with E-state index in [-0.39, 0.29) is 12.3 Å². The normalized spacial score (nSPS) is 22.4. The van der Waals surface area contributed by atoms with Crippen LogP contribution in [0.25, 0.3) is 11.1 Å². The van der Waals surface area contributed by atoms with Crippen LogP contribution in [0.3, 0.4) is 0 Å². The first-order valence-electron chi connectivity index (χ1n) is 8.74. The Kier molecular flexibility index (Phi) is 3.95. The average Bonchev–Trinajstić information content (AvgIpc) is 2.90. The van der Waals surface area contributed by atoms with Crippen molar-refractivity contribution in [2.45, 2.75) is 44.6 Å². The molecule has 1 atom stereocenters. The van der Waals surface area contributed by atoms with E-state index in [1.54, 1.807) is 0 Å². The van der Waals surface area contributed by atoms with Crippen LogP contribution in [-0.4, -0.2) is 29.5 Å². The number of benzene rings is 1. The van der Waals surface area contributed by atoms with Gasteiger partial charge in [-0.05, 0) is 68.5 Å². The van der Waals surface area contributed by atoms with E-state index in [2.05, 4.69) is 10.6 Å². The molecule has 132 valence electrons. The first kappa shape index (κ1) is 16.1. The molecule has 1 unspecified atom stereocenters. The van der Waals surface area contributed by atoms with Crippen LogP contribution in [0.1, 0.15) is 48.8 Å². The molecule has 7 heteroatoms. The first-order chi connectivity index (χ1) is 12.0. The molecule has 2 aliphatic rings. The van der Waals surface area contributed by atoms with E-state index in [4.69, 9.17) is 4.42 Å². The van der Waals surface area contributed by atoms with Gasteiger partial charge in [-0.15, -0.1) is 0 Å². The Morgan fingerprint density at radius 2 is 1.88 bits per heavy atom. The molecule has 2 fully saturated rings. The number of hydrogen-bond acceptors (Lipinski definition) is 5.